The first-order chi connectivity index (χ1) is 12.4. The fourth-order valence-electron chi connectivity index (χ4n) is 3.17. The van der Waals surface area contributed by atoms with E-state index in [-0.39, 0.29) is 0 Å². The summed E-state index contributed by atoms with van der Waals surface area (Å²) in [6, 6.07) is 0. The molecule has 0 saturated heterocycles. The summed E-state index contributed by atoms with van der Waals surface area (Å²) in [5, 5.41) is 2.34. The van der Waals surface area contributed by atoms with Crippen LogP contribution in [0.1, 0.15) is 116 Å². The van der Waals surface area contributed by atoms with Crippen LogP contribution in [-0.2, 0) is 4.74 Å². The first-order valence-corrected chi connectivity index (χ1v) is 13.4. The topological polar surface area (TPSA) is 9.23 Å². The molecule has 3 heteroatoms. The van der Waals surface area contributed by atoms with Crippen molar-refractivity contribution in [1.82, 2.24) is 0 Å². The maximum Gasteiger partial charge on any atom is 0.0466 e. The minimum atomic E-state index is 0.985. The van der Waals surface area contributed by atoms with Crippen LogP contribution in [0.25, 0.3) is 0 Å². The van der Waals surface area contributed by atoms with Crippen molar-refractivity contribution in [2.45, 2.75) is 116 Å². The van der Waals surface area contributed by atoms with E-state index in [4.69, 9.17) is 4.74 Å². The van der Waals surface area contributed by atoms with E-state index < -0.39 is 0 Å². The van der Waals surface area contributed by atoms with Crippen LogP contribution in [0.2, 0.25) is 0 Å². The van der Waals surface area contributed by atoms with Crippen LogP contribution >= 0.6 is 31.9 Å². The predicted octanol–water partition coefficient (Wildman–Crippen LogP) is 8.81. The van der Waals surface area contributed by atoms with Crippen molar-refractivity contribution < 1.29 is 4.74 Å². The Hall–Kier alpha value is 0.920. The number of rotatable bonds is 22. The minimum Gasteiger partial charge on any atom is -0.381 e. The zero-order chi connectivity index (χ0) is 18.3. The average molecular weight is 484 g/mol. The minimum absolute atomic E-state index is 0.985. The third-order valence-corrected chi connectivity index (χ3v) is 5.97. The van der Waals surface area contributed by atoms with Gasteiger partial charge in [0.2, 0.25) is 0 Å². The Balaban J connectivity index is 2.94. The van der Waals surface area contributed by atoms with Gasteiger partial charge in [0.15, 0.2) is 0 Å². The number of ether oxygens (including phenoxy) is 1. The molecular weight excluding hydrogens is 440 g/mol. The van der Waals surface area contributed by atoms with Crippen LogP contribution in [0.5, 0.6) is 0 Å². The van der Waals surface area contributed by atoms with E-state index in [1.165, 1.54) is 126 Å². The van der Waals surface area contributed by atoms with Crippen molar-refractivity contribution in [3.8, 4) is 0 Å². The number of halogens is 2. The number of alkyl halides is 2. The Morgan fingerprint density at radius 1 is 0.320 bits per heavy atom. The Bertz CT molecular complexity index is 202. The zero-order valence-electron chi connectivity index (χ0n) is 16.7. The van der Waals surface area contributed by atoms with Crippen LogP contribution in [0.4, 0.5) is 0 Å². The van der Waals surface area contributed by atoms with Gasteiger partial charge in [0.1, 0.15) is 0 Å². The van der Waals surface area contributed by atoms with Crippen LogP contribution in [0, 0.1) is 0 Å². The van der Waals surface area contributed by atoms with Crippen LogP contribution in [0.3, 0.4) is 0 Å². The molecule has 0 amide bonds. The smallest absolute Gasteiger partial charge is 0.0466 e. The second kappa shape index (κ2) is 24.9. The van der Waals surface area contributed by atoms with Crippen LogP contribution in [0.15, 0.2) is 0 Å². The molecule has 1 nitrogen and oxygen atoms in total. The van der Waals surface area contributed by atoms with Crippen LogP contribution < -0.4 is 0 Å². The summed E-state index contributed by atoms with van der Waals surface area (Å²) in [6.07, 6.45) is 24.9. The maximum absolute atomic E-state index is 5.77. The zero-order valence-corrected chi connectivity index (χ0v) is 19.9. The molecule has 0 aliphatic carbocycles. The summed E-state index contributed by atoms with van der Waals surface area (Å²) in [5.41, 5.74) is 0. The van der Waals surface area contributed by atoms with Crippen LogP contribution in [-0.4, -0.2) is 23.9 Å². The summed E-state index contributed by atoms with van der Waals surface area (Å²) < 4.78 is 5.77. The molecule has 0 fully saturated rings. The molecule has 0 bridgehead atoms. The van der Waals surface area contributed by atoms with E-state index in [1.807, 2.05) is 0 Å². The molecule has 0 spiro atoms. The van der Waals surface area contributed by atoms with Gasteiger partial charge < -0.3 is 4.74 Å². The molecular formula is C22H44Br2O. The molecule has 0 aromatic carbocycles. The van der Waals surface area contributed by atoms with Gasteiger partial charge in [0, 0.05) is 23.9 Å². The molecule has 0 aromatic heterocycles. The lowest BCUT2D eigenvalue weighted by Crippen LogP contribution is -1.97. The van der Waals surface area contributed by atoms with Gasteiger partial charge in [-0.3, -0.25) is 0 Å². The standard InChI is InChI=1S/C22H44Br2O/c23-19-15-11-7-3-1-5-9-13-17-21-25-22-18-14-10-6-2-4-8-12-16-20-24/h1-22H2. The van der Waals surface area contributed by atoms with Gasteiger partial charge >= 0.3 is 0 Å². The molecule has 0 aliphatic rings. The number of hydrogen-bond donors (Lipinski definition) is 0. The van der Waals surface area contributed by atoms with Crippen molar-refractivity contribution >= 4 is 31.9 Å². The molecule has 152 valence electrons. The molecule has 0 N–H and O–H groups in total. The van der Waals surface area contributed by atoms with E-state index in [9.17, 15) is 0 Å². The third kappa shape index (κ3) is 24.9. The Kier molecular flexibility index (Phi) is 25.8. The Morgan fingerprint density at radius 2 is 0.560 bits per heavy atom. The molecule has 0 aromatic rings. The van der Waals surface area contributed by atoms with Crippen molar-refractivity contribution in [2.24, 2.45) is 0 Å². The van der Waals surface area contributed by atoms with E-state index in [0.717, 1.165) is 13.2 Å². The highest BCUT2D eigenvalue weighted by Crippen LogP contribution is 2.11. The van der Waals surface area contributed by atoms with E-state index >= 15 is 0 Å². The lowest BCUT2D eigenvalue weighted by Gasteiger charge is -2.05. The SMILES string of the molecule is BrCCCCCCCCCCCOCCCCCCCCCCCBr. The van der Waals surface area contributed by atoms with Gasteiger partial charge in [-0.1, -0.05) is 122 Å². The van der Waals surface area contributed by atoms with Gasteiger partial charge in [-0.2, -0.15) is 0 Å². The fourth-order valence-corrected chi connectivity index (χ4v) is 3.97. The normalized spacial score (nSPS) is 11.3. The van der Waals surface area contributed by atoms with Gasteiger partial charge in [0.05, 0.1) is 0 Å². The molecule has 0 aliphatic heterocycles. The van der Waals surface area contributed by atoms with Crippen molar-refractivity contribution in [3.63, 3.8) is 0 Å². The summed E-state index contributed by atoms with van der Waals surface area (Å²) in [7, 11) is 0. The lowest BCUT2D eigenvalue weighted by atomic mass is 10.1. The molecule has 0 heterocycles. The predicted molar refractivity (Wildman–Crippen MR) is 122 cm³/mol. The Morgan fingerprint density at radius 3 is 0.840 bits per heavy atom. The van der Waals surface area contributed by atoms with E-state index in [1.54, 1.807) is 0 Å². The summed E-state index contributed by atoms with van der Waals surface area (Å²) in [6.45, 7) is 1.97. The third-order valence-electron chi connectivity index (χ3n) is 4.84. The van der Waals surface area contributed by atoms with Gasteiger partial charge in [-0.25, -0.2) is 0 Å². The summed E-state index contributed by atoms with van der Waals surface area (Å²) in [4.78, 5) is 0. The molecule has 0 unspecified atom stereocenters. The average Bonchev–Trinajstić information content (AvgIpc) is 2.63. The molecule has 0 rings (SSSR count). The lowest BCUT2D eigenvalue weighted by molar-refractivity contribution is 0.125. The number of unbranched alkanes of at least 4 members (excludes halogenated alkanes) is 16. The van der Waals surface area contributed by atoms with Crippen molar-refractivity contribution in [3.05, 3.63) is 0 Å². The van der Waals surface area contributed by atoms with Gasteiger partial charge in [-0.15, -0.1) is 0 Å². The van der Waals surface area contributed by atoms with Gasteiger partial charge in [0.25, 0.3) is 0 Å². The quantitative estimate of drug-likeness (QED) is 0.110. The van der Waals surface area contributed by atoms with E-state index in [0.29, 0.717) is 0 Å². The van der Waals surface area contributed by atoms with E-state index in [2.05, 4.69) is 31.9 Å². The fraction of sp³-hybridized carbons (Fsp3) is 1.00. The van der Waals surface area contributed by atoms with Gasteiger partial charge in [-0.05, 0) is 25.7 Å². The molecule has 25 heavy (non-hydrogen) atoms. The van der Waals surface area contributed by atoms with Crippen molar-refractivity contribution in [2.75, 3.05) is 23.9 Å². The second-order valence-corrected chi connectivity index (χ2v) is 8.94. The highest BCUT2D eigenvalue weighted by atomic mass is 79.9. The monoisotopic (exact) mass is 482 g/mol. The molecule has 0 atom stereocenters. The second-order valence-electron chi connectivity index (χ2n) is 7.35. The maximum atomic E-state index is 5.77. The highest BCUT2D eigenvalue weighted by Gasteiger charge is 1.95. The number of hydrogen-bond acceptors (Lipinski definition) is 1. The first kappa shape index (κ1) is 25.9. The summed E-state index contributed by atoms with van der Waals surface area (Å²) >= 11 is 6.99. The molecule has 0 radical (unpaired) electrons. The highest BCUT2D eigenvalue weighted by molar-refractivity contribution is 9.09. The summed E-state index contributed by atoms with van der Waals surface area (Å²) in [5.74, 6) is 0. The molecule has 0 saturated carbocycles. The van der Waals surface area contributed by atoms with Crippen molar-refractivity contribution in [1.29, 1.82) is 0 Å². The first-order valence-electron chi connectivity index (χ1n) is 11.1. The Labute approximate surface area is 175 Å². The largest absolute Gasteiger partial charge is 0.381 e.